The Hall–Kier alpha value is -7.04. The lowest BCUT2D eigenvalue weighted by atomic mass is 9.94. The van der Waals surface area contributed by atoms with Gasteiger partial charge in [0.1, 0.15) is 0 Å². The van der Waals surface area contributed by atoms with Crippen LogP contribution in [0.2, 0.25) is 0 Å². The molecule has 7 aromatic carbocycles. The van der Waals surface area contributed by atoms with Crippen molar-refractivity contribution in [3.63, 3.8) is 0 Å². The van der Waals surface area contributed by atoms with Gasteiger partial charge in [-0.05, 0) is 68.7 Å². The topological polar surface area (TPSA) is 51.6 Å². The molecule has 10 aromatic rings. The van der Waals surface area contributed by atoms with Crippen LogP contribution >= 0.6 is 0 Å². The van der Waals surface area contributed by atoms with Gasteiger partial charge in [0.05, 0.1) is 22.8 Å². The summed E-state index contributed by atoms with van der Waals surface area (Å²) < 4.78 is 0. The largest absolute Gasteiger partial charge is 0.256 e. The Balaban J connectivity index is 1.28. The molecule has 0 aliphatic heterocycles. The molecule has 3 heterocycles. The van der Waals surface area contributed by atoms with Crippen molar-refractivity contribution in [2.24, 2.45) is 0 Å². The third-order valence-corrected chi connectivity index (χ3v) is 9.95. The minimum atomic E-state index is 0.677. The SMILES string of the molecule is c1ccc2c(-c3cc(-c4cc(-c5nccc6ccccc56)cc(-c5nccc6ccccc56)c4)nc(-c4cccc5ccccc45)n3)cccc2c1. The zero-order chi connectivity index (χ0) is 34.4. The first-order chi connectivity index (χ1) is 25.8. The van der Waals surface area contributed by atoms with Gasteiger partial charge < -0.3 is 0 Å². The Kier molecular flexibility index (Phi) is 7.10. The molecule has 0 N–H and O–H groups in total. The average molecular weight is 663 g/mol. The summed E-state index contributed by atoms with van der Waals surface area (Å²) in [5.41, 5.74) is 8.52. The van der Waals surface area contributed by atoms with E-state index in [9.17, 15) is 0 Å². The summed E-state index contributed by atoms with van der Waals surface area (Å²) in [4.78, 5) is 20.6. The van der Waals surface area contributed by atoms with Gasteiger partial charge in [0.2, 0.25) is 0 Å². The molecule has 4 heteroatoms. The standard InChI is InChI=1S/C48H30N4/c1-5-17-38-31(11-1)15-9-21-42(38)45-30-44(51-48(52-45)43-22-10-16-32-12-2-6-18-39(32)43)35-27-36(46-40-19-7-3-13-33(40)23-25-49-46)29-37(28-35)47-41-20-8-4-14-34(41)24-26-50-47/h1-30H. The summed E-state index contributed by atoms with van der Waals surface area (Å²) in [6, 6.07) is 59.4. The third kappa shape index (κ3) is 5.17. The summed E-state index contributed by atoms with van der Waals surface area (Å²) in [5.74, 6) is 0.677. The highest BCUT2D eigenvalue weighted by Crippen LogP contribution is 2.39. The van der Waals surface area contributed by atoms with E-state index in [-0.39, 0.29) is 0 Å². The molecule has 242 valence electrons. The first-order valence-electron chi connectivity index (χ1n) is 17.5. The van der Waals surface area contributed by atoms with Crippen LogP contribution in [0.1, 0.15) is 0 Å². The minimum Gasteiger partial charge on any atom is -0.256 e. The van der Waals surface area contributed by atoms with Gasteiger partial charge in [-0.1, -0.05) is 133 Å². The van der Waals surface area contributed by atoms with Crippen molar-refractivity contribution < 1.29 is 0 Å². The fourth-order valence-corrected chi connectivity index (χ4v) is 7.47. The summed E-state index contributed by atoms with van der Waals surface area (Å²) in [5, 5.41) is 9.04. The van der Waals surface area contributed by atoms with Gasteiger partial charge in [-0.15, -0.1) is 0 Å². The van der Waals surface area contributed by atoms with Crippen molar-refractivity contribution >= 4 is 43.1 Å². The zero-order valence-electron chi connectivity index (χ0n) is 28.1. The van der Waals surface area contributed by atoms with Crippen molar-refractivity contribution in [2.75, 3.05) is 0 Å². The number of rotatable bonds is 5. The van der Waals surface area contributed by atoms with Crippen LogP contribution in [0, 0.1) is 0 Å². The smallest absolute Gasteiger partial charge is 0.161 e. The zero-order valence-corrected chi connectivity index (χ0v) is 28.1. The lowest BCUT2D eigenvalue weighted by molar-refractivity contribution is 1.19. The molecule has 0 radical (unpaired) electrons. The maximum Gasteiger partial charge on any atom is 0.161 e. The van der Waals surface area contributed by atoms with Crippen LogP contribution in [0.25, 0.3) is 99.5 Å². The van der Waals surface area contributed by atoms with E-state index in [0.29, 0.717) is 5.82 Å². The van der Waals surface area contributed by atoms with E-state index in [1.54, 1.807) is 0 Å². The van der Waals surface area contributed by atoms with Crippen LogP contribution in [0.4, 0.5) is 0 Å². The molecule has 0 aliphatic rings. The molecule has 0 unspecified atom stereocenters. The molecule has 0 saturated heterocycles. The van der Waals surface area contributed by atoms with Gasteiger partial charge in [-0.2, -0.15) is 0 Å². The number of hydrogen-bond donors (Lipinski definition) is 0. The molecular weight excluding hydrogens is 633 g/mol. The quantitative estimate of drug-likeness (QED) is 0.184. The number of fused-ring (bicyclic) bond motifs is 4. The molecule has 4 nitrogen and oxygen atoms in total. The Bertz CT molecular complexity index is 2560. The van der Waals surface area contributed by atoms with E-state index in [1.807, 2.05) is 12.4 Å². The van der Waals surface area contributed by atoms with Crippen molar-refractivity contribution in [2.45, 2.75) is 0 Å². The summed E-state index contributed by atoms with van der Waals surface area (Å²) in [6.45, 7) is 0. The van der Waals surface area contributed by atoms with Gasteiger partial charge in [0, 0.05) is 51.0 Å². The predicted molar refractivity (Wildman–Crippen MR) is 215 cm³/mol. The fourth-order valence-electron chi connectivity index (χ4n) is 7.47. The van der Waals surface area contributed by atoms with Gasteiger partial charge in [0.25, 0.3) is 0 Å². The summed E-state index contributed by atoms with van der Waals surface area (Å²) >= 11 is 0. The van der Waals surface area contributed by atoms with Gasteiger partial charge in [0.15, 0.2) is 5.82 Å². The maximum absolute atomic E-state index is 5.37. The highest BCUT2D eigenvalue weighted by molar-refractivity contribution is 6.01. The Morgan fingerprint density at radius 1 is 0.308 bits per heavy atom. The monoisotopic (exact) mass is 662 g/mol. The van der Waals surface area contributed by atoms with Crippen LogP contribution in [0.15, 0.2) is 182 Å². The number of aromatic nitrogens is 4. The van der Waals surface area contributed by atoms with Crippen LogP contribution in [0.3, 0.4) is 0 Å². The van der Waals surface area contributed by atoms with Crippen molar-refractivity contribution in [1.82, 2.24) is 19.9 Å². The summed E-state index contributed by atoms with van der Waals surface area (Å²) in [7, 11) is 0. The Morgan fingerprint density at radius 2 is 0.731 bits per heavy atom. The number of nitrogens with zero attached hydrogens (tertiary/aromatic N) is 4. The van der Waals surface area contributed by atoms with Gasteiger partial charge in [-0.3, -0.25) is 9.97 Å². The lowest BCUT2D eigenvalue weighted by Crippen LogP contribution is -1.98. The highest BCUT2D eigenvalue weighted by Gasteiger charge is 2.18. The van der Waals surface area contributed by atoms with Crippen molar-refractivity contribution in [3.05, 3.63) is 182 Å². The fraction of sp³-hybridized carbons (Fsp3) is 0. The van der Waals surface area contributed by atoms with Crippen LogP contribution in [-0.4, -0.2) is 19.9 Å². The molecule has 0 aliphatic carbocycles. The van der Waals surface area contributed by atoms with E-state index < -0.39 is 0 Å². The van der Waals surface area contributed by atoms with Crippen molar-refractivity contribution in [1.29, 1.82) is 0 Å². The van der Waals surface area contributed by atoms with E-state index >= 15 is 0 Å². The highest BCUT2D eigenvalue weighted by atomic mass is 14.9. The maximum atomic E-state index is 5.37. The first kappa shape index (κ1) is 29.8. The molecule has 0 saturated carbocycles. The number of benzene rings is 7. The molecular formula is C48H30N4. The third-order valence-electron chi connectivity index (χ3n) is 9.95. The second-order valence-electron chi connectivity index (χ2n) is 13.1. The molecule has 52 heavy (non-hydrogen) atoms. The van der Waals surface area contributed by atoms with E-state index in [4.69, 9.17) is 19.9 Å². The second kappa shape index (κ2) is 12.4. The van der Waals surface area contributed by atoms with Crippen LogP contribution in [0.5, 0.6) is 0 Å². The van der Waals surface area contributed by atoms with Gasteiger partial charge >= 0.3 is 0 Å². The Morgan fingerprint density at radius 3 is 1.31 bits per heavy atom. The first-order valence-corrected chi connectivity index (χ1v) is 17.5. The van der Waals surface area contributed by atoms with Crippen molar-refractivity contribution in [3.8, 4) is 56.4 Å². The Labute approximate surface area is 300 Å². The lowest BCUT2D eigenvalue weighted by Gasteiger charge is -2.15. The van der Waals surface area contributed by atoms with Gasteiger partial charge in [-0.25, -0.2) is 9.97 Å². The molecule has 0 amide bonds. The molecule has 0 bridgehead atoms. The normalized spacial score (nSPS) is 11.5. The van der Waals surface area contributed by atoms with Crippen LogP contribution in [-0.2, 0) is 0 Å². The molecule has 10 rings (SSSR count). The molecule has 0 atom stereocenters. The minimum absolute atomic E-state index is 0.677. The number of pyridine rings is 2. The average Bonchev–Trinajstić information content (AvgIpc) is 3.22. The summed E-state index contributed by atoms with van der Waals surface area (Å²) in [6.07, 6.45) is 3.78. The molecule has 3 aromatic heterocycles. The predicted octanol–water partition coefficient (Wildman–Crippen LogP) is 12.2. The van der Waals surface area contributed by atoms with E-state index in [0.717, 1.165) is 88.3 Å². The van der Waals surface area contributed by atoms with E-state index in [1.165, 1.54) is 5.39 Å². The second-order valence-corrected chi connectivity index (χ2v) is 13.1. The molecule has 0 spiro atoms. The molecule has 0 fully saturated rings. The van der Waals surface area contributed by atoms with Crippen LogP contribution < -0.4 is 0 Å². The van der Waals surface area contributed by atoms with E-state index in [2.05, 4.69) is 170 Å². The number of hydrogen-bond acceptors (Lipinski definition) is 4.